The standard InChI is InChI=1S/C17H18ClN2O6P/c1-10-7-20(17(22)19-16(10)21)15-5-3-13(25-15)9-24-27-23-8-11-6-12(18)2-4-14(11)26-27/h2,4,6-7,13,15H,3,5,8-9H2,1H3,(H,19,21,22). The largest absolute Gasteiger partial charge is 0.426 e. The summed E-state index contributed by atoms with van der Waals surface area (Å²) < 4.78 is 24.3. The van der Waals surface area contributed by atoms with E-state index in [1.807, 2.05) is 0 Å². The number of hydrogen-bond donors (Lipinski definition) is 1. The molecule has 8 nitrogen and oxygen atoms in total. The summed E-state index contributed by atoms with van der Waals surface area (Å²) in [6.07, 6.45) is 2.29. The Labute approximate surface area is 161 Å². The Morgan fingerprint density at radius 2 is 2.22 bits per heavy atom. The number of aromatic amines is 1. The molecule has 1 saturated heterocycles. The molecule has 10 heteroatoms. The number of nitrogens with one attached hydrogen (secondary N) is 1. The van der Waals surface area contributed by atoms with Crippen molar-refractivity contribution < 1.29 is 18.3 Å². The lowest BCUT2D eigenvalue weighted by molar-refractivity contribution is -0.0230. The van der Waals surface area contributed by atoms with Crippen molar-refractivity contribution in [3.63, 3.8) is 0 Å². The van der Waals surface area contributed by atoms with E-state index >= 15 is 0 Å². The van der Waals surface area contributed by atoms with Gasteiger partial charge in [0.1, 0.15) is 12.0 Å². The summed E-state index contributed by atoms with van der Waals surface area (Å²) >= 11 is 5.96. The van der Waals surface area contributed by atoms with E-state index in [9.17, 15) is 9.59 Å². The van der Waals surface area contributed by atoms with Gasteiger partial charge in [0.2, 0.25) is 0 Å². The maximum atomic E-state index is 12.0. The van der Waals surface area contributed by atoms with Crippen molar-refractivity contribution >= 4 is 20.2 Å². The monoisotopic (exact) mass is 412 g/mol. The molecule has 144 valence electrons. The maximum absolute atomic E-state index is 12.0. The number of nitrogens with zero attached hydrogens (tertiary/aromatic N) is 1. The molecule has 0 aliphatic carbocycles. The minimum atomic E-state index is -1.51. The van der Waals surface area contributed by atoms with Crippen molar-refractivity contribution in [1.29, 1.82) is 0 Å². The average molecular weight is 413 g/mol. The molecule has 1 fully saturated rings. The first-order valence-corrected chi connectivity index (χ1v) is 9.97. The molecule has 1 aromatic heterocycles. The third-order valence-corrected chi connectivity index (χ3v) is 5.71. The van der Waals surface area contributed by atoms with E-state index in [1.165, 1.54) is 10.8 Å². The molecule has 3 atom stereocenters. The second kappa shape index (κ2) is 7.73. The third kappa shape index (κ3) is 4.10. The van der Waals surface area contributed by atoms with Crippen LogP contribution in [-0.2, 0) is 20.4 Å². The predicted molar refractivity (Wildman–Crippen MR) is 98.9 cm³/mol. The van der Waals surface area contributed by atoms with Crippen molar-refractivity contribution in [1.82, 2.24) is 9.55 Å². The zero-order chi connectivity index (χ0) is 19.0. The Kier molecular flexibility index (Phi) is 5.34. The van der Waals surface area contributed by atoms with Crippen molar-refractivity contribution in [2.75, 3.05) is 6.61 Å². The van der Waals surface area contributed by atoms with Gasteiger partial charge in [-0.3, -0.25) is 23.4 Å². The minimum absolute atomic E-state index is 0.185. The predicted octanol–water partition coefficient (Wildman–Crippen LogP) is 3.03. The molecule has 0 saturated carbocycles. The molecule has 3 unspecified atom stereocenters. The highest BCUT2D eigenvalue weighted by molar-refractivity contribution is 7.42. The number of ether oxygens (including phenoxy) is 1. The van der Waals surface area contributed by atoms with Crippen LogP contribution in [0.3, 0.4) is 0 Å². The lowest BCUT2D eigenvalue weighted by Gasteiger charge is -2.25. The zero-order valence-electron chi connectivity index (χ0n) is 14.5. The van der Waals surface area contributed by atoms with E-state index in [2.05, 4.69) is 4.98 Å². The summed E-state index contributed by atoms with van der Waals surface area (Å²) in [4.78, 5) is 25.8. The number of fused-ring (bicyclic) bond motifs is 1. The fourth-order valence-electron chi connectivity index (χ4n) is 3.00. The van der Waals surface area contributed by atoms with Gasteiger partial charge in [-0.1, -0.05) is 11.6 Å². The second-order valence-corrected chi connectivity index (χ2v) is 7.99. The van der Waals surface area contributed by atoms with E-state index in [0.29, 0.717) is 36.0 Å². The van der Waals surface area contributed by atoms with Crippen LogP contribution in [0.1, 0.15) is 30.2 Å². The lowest BCUT2D eigenvalue weighted by Crippen LogP contribution is -2.33. The molecule has 0 amide bonds. The zero-order valence-corrected chi connectivity index (χ0v) is 16.2. The van der Waals surface area contributed by atoms with Crippen LogP contribution in [0.2, 0.25) is 5.02 Å². The summed E-state index contributed by atoms with van der Waals surface area (Å²) in [7, 11) is -1.51. The van der Waals surface area contributed by atoms with E-state index in [4.69, 9.17) is 29.9 Å². The minimum Gasteiger partial charge on any atom is -0.426 e. The van der Waals surface area contributed by atoms with Crippen LogP contribution in [0.25, 0.3) is 0 Å². The molecular formula is C17H18ClN2O6P. The van der Waals surface area contributed by atoms with Gasteiger partial charge in [0.05, 0.1) is 19.3 Å². The van der Waals surface area contributed by atoms with Gasteiger partial charge in [-0.2, -0.15) is 0 Å². The number of rotatable bonds is 4. The third-order valence-electron chi connectivity index (χ3n) is 4.43. The van der Waals surface area contributed by atoms with Gasteiger partial charge in [-0.15, -0.1) is 0 Å². The maximum Gasteiger partial charge on any atom is 0.397 e. The molecule has 27 heavy (non-hydrogen) atoms. The van der Waals surface area contributed by atoms with Gasteiger partial charge in [0, 0.05) is 22.3 Å². The Morgan fingerprint density at radius 3 is 3.07 bits per heavy atom. The SMILES string of the molecule is Cc1cn(C2CCC(COP3OCc4cc(Cl)ccc4O3)O2)c(=O)[nH]c1=O. The van der Waals surface area contributed by atoms with Crippen molar-refractivity contribution in [2.45, 2.75) is 38.7 Å². The van der Waals surface area contributed by atoms with Gasteiger partial charge in [-0.25, -0.2) is 4.79 Å². The molecule has 4 rings (SSSR count). The van der Waals surface area contributed by atoms with Gasteiger partial charge < -0.3 is 9.26 Å². The Bertz CT molecular complexity index is 961. The van der Waals surface area contributed by atoms with E-state index in [1.54, 1.807) is 25.1 Å². The Hall–Kier alpha value is -1.70. The molecule has 0 bridgehead atoms. The summed E-state index contributed by atoms with van der Waals surface area (Å²) in [5.74, 6) is 0.706. The highest BCUT2D eigenvalue weighted by atomic mass is 35.5. The van der Waals surface area contributed by atoms with Crippen molar-refractivity contribution in [2.24, 2.45) is 0 Å². The normalized spacial score (nSPS) is 24.4. The molecule has 2 aromatic rings. The van der Waals surface area contributed by atoms with Crippen LogP contribution in [0, 0.1) is 6.92 Å². The topological polar surface area (TPSA) is 91.8 Å². The number of hydrogen-bond acceptors (Lipinski definition) is 6. The summed E-state index contributed by atoms with van der Waals surface area (Å²) in [6.45, 7) is 2.32. The van der Waals surface area contributed by atoms with E-state index < -0.39 is 20.5 Å². The molecule has 2 aliphatic rings. The van der Waals surface area contributed by atoms with E-state index in [-0.39, 0.29) is 11.7 Å². The van der Waals surface area contributed by atoms with Crippen LogP contribution in [0.5, 0.6) is 5.75 Å². The average Bonchev–Trinajstić information content (AvgIpc) is 3.11. The van der Waals surface area contributed by atoms with Crippen molar-refractivity contribution in [3.8, 4) is 5.75 Å². The summed E-state index contributed by atoms with van der Waals surface area (Å²) in [6, 6.07) is 5.36. The molecule has 2 aliphatic heterocycles. The number of aryl methyl sites for hydroxylation is 1. The van der Waals surface area contributed by atoms with Gasteiger partial charge in [0.15, 0.2) is 0 Å². The fraction of sp³-hybridized carbons (Fsp3) is 0.412. The molecular weight excluding hydrogens is 395 g/mol. The van der Waals surface area contributed by atoms with Crippen LogP contribution in [-0.4, -0.2) is 22.3 Å². The molecule has 1 aromatic carbocycles. The number of H-pyrrole nitrogens is 1. The summed E-state index contributed by atoms with van der Waals surface area (Å²) in [5, 5.41) is 0.631. The first-order valence-electron chi connectivity index (χ1n) is 8.49. The van der Waals surface area contributed by atoms with Gasteiger partial charge in [-0.05, 0) is 38.0 Å². The lowest BCUT2D eigenvalue weighted by atomic mass is 10.2. The van der Waals surface area contributed by atoms with Gasteiger partial charge >= 0.3 is 14.3 Å². The molecule has 0 radical (unpaired) electrons. The van der Waals surface area contributed by atoms with E-state index in [0.717, 1.165) is 12.0 Å². The van der Waals surface area contributed by atoms with Crippen LogP contribution < -0.4 is 15.8 Å². The summed E-state index contributed by atoms with van der Waals surface area (Å²) in [5.41, 5.74) is 0.486. The second-order valence-electron chi connectivity index (χ2n) is 6.40. The van der Waals surface area contributed by atoms with Crippen molar-refractivity contribution in [3.05, 3.63) is 61.4 Å². The fourth-order valence-corrected chi connectivity index (χ4v) is 4.25. The van der Waals surface area contributed by atoms with Crippen LogP contribution in [0.15, 0.2) is 34.0 Å². The number of aromatic nitrogens is 2. The van der Waals surface area contributed by atoms with Gasteiger partial charge in [0.25, 0.3) is 5.56 Å². The van der Waals surface area contributed by atoms with Crippen LogP contribution >= 0.6 is 20.2 Å². The van der Waals surface area contributed by atoms with Crippen LogP contribution in [0.4, 0.5) is 0 Å². The quantitative estimate of drug-likeness (QED) is 0.776. The highest BCUT2D eigenvalue weighted by Gasteiger charge is 2.30. The molecule has 1 N–H and O–H groups in total. The highest BCUT2D eigenvalue weighted by Crippen LogP contribution is 2.48. The first-order chi connectivity index (χ1) is 13.0. The number of halogens is 1. The molecule has 3 heterocycles. The first kappa shape index (κ1) is 18.7. The Morgan fingerprint density at radius 1 is 1.37 bits per heavy atom. The smallest absolute Gasteiger partial charge is 0.397 e. The number of benzene rings is 1. The Balaban J connectivity index is 1.33. The molecule has 0 spiro atoms.